The van der Waals surface area contributed by atoms with Crippen LogP contribution in [-0.4, -0.2) is 31.0 Å². The molecule has 0 fully saturated rings. The molecule has 0 atom stereocenters. The number of aromatic carboxylic acids is 1. The molecule has 2 aromatic rings. The van der Waals surface area contributed by atoms with Crippen LogP contribution < -0.4 is 0 Å². The lowest BCUT2D eigenvalue weighted by atomic mass is 10.2. The van der Waals surface area contributed by atoms with E-state index in [9.17, 15) is 18.0 Å². The summed E-state index contributed by atoms with van der Waals surface area (Å²) in [5.74, 6) is -2.26. The van der Waals surface area contributed by atoms with E-state index in [1.54, 1.807) is 6.92 Å². The summed E-state index contributed by atoms with van der Waals surface area (Å²) in [6.45, 7) is 1.71. The predicted octanol–water partition coefficient (Wildman–Crippen LogP) is 1.96. The largest absolute Gasteiger partial charge is 0.478 e. The van der Waals surface area contributed by atoms with Gasteiger partial charge in [-0.25, -0.2) is 24.7 Å². The highest BCUT2D eigenvalue weighted by Gasteiger charge is 2.38. The van der Waals surface area contributed by atoms with Crippen molar-refractivity contribution in [2.45, 2.75) is 13.1 Å². The molecular weight excluding hydrogens is 277 g/mol. The van der Waals surface area contributed by atoms with E-state index in [-0.39, 0.29) is 11.6 Å². The van der Waals surface area contributed by atoms with Crippen molar-refractivity contribution >= 4 is 5.97 Å². The van der Waals surface area contributed by atoms with Crippen molar-refractivity contribution in [3.63, 3.8) is 0 Å². The quantitative estimate of drug-likeness (QED) is 0.906. The van der Waals surface area contributed by atoms with Crippen molar-refractivity contribution in [2.75, 3.05) is 0 Å². The molecule has 20 heavy (non-hydrogen) atoms. The monoisotopic (exact) mass is 284 g/mol. The minimum atomic E-state index is -4.91. The molecule has 0 radical (unpaired) electrons. The van der Waals surface area contributed by atoms with Crippen LogP contribution in [0.15, 0.2) is 18.6 Å². The maximum absolute atomic E-state index is 12.8. The number of hydrogen-bond donors (Lipinski definition) is 1. The van der Waals surface area contributed by atoms with E-state index < -0.39 is 23.4 Å². The fraction of sp³-hybridized carbons (Fsp3) is 0.182. The zero-order valence-electron chi connectivity index (χ0n) is 10.0. The normalized spacial score (nSPS) is 11.4. The fourth-order valence-corrected chi connectivity index (χ4v) is 1.37. The molecule has 2 aromatic heterocycles. The molecule has 0 aliphatic carbocycles. The number of aromatic nitrogens is 4. The maximum Gasteiger partial charge on any atom is 0.434 e. The van der Waals surface area contributed by atoms with Gasteiger partial charge in [0, 0.05) is 18.6 Å². The van der Waals surface area contributed by atoms with Gasteiger partial charge in [-0.05, 0) is 12.5 Å². The van der Waals surface area contributed by atoms with Crippen molar-refractivity contribution in [1.29, 1.82) is 0 Å². The standard InChI is InChI=1S/C11H7F3N4O2/c1-5-2-15-8(16-3-5)9-17-4-6(10(19)20)7(18-9)11(12,13)14/h2-4H,1H3,(H,19,20). The number of hydrogen-bond acceptors (Lipinski definition) is 5. The minimum Gasteiger partial charge on any atom is -0.478 e. The number of alkyl halides is 3. The first-order valence-corrected chi connectivity index (χ1v) is 5.25. The molecule has 0 bridgehead atoms. The number of rotatable bonds is 2. The highest BCUT2D eigenvalue weighted by atomic mass is 19.4. The third-order valence-corrected chi connectivity index (χ3v) is 2.27. The number of nitrogens with zero attached hydrogens (tertiary/aromatic N) is 4. The molecule has 0 saturated heterocycles. The lowest BCUT2D eigenvalue weighted by Gasteiger charge is -2.09. The summed E-state index contributed by atoms with van der Waals surface area (Å²) >= 11 is 0. The molecule has 0 aliphatic rings. The summed E-state index contributed by atoms with van der Waals surface area (Å²) in [5.41, 5.74) is -1.83. The van der Waals surface area contributed by atoms with Gasteiger partial charge in [0.05, 0.1) is 0 Å². The molecule has 0 aromatic carbocycles. The number of carboxylic acids is 1. The van der Waals surface area contributed by atoms with Crippen molar-refractivity contribution in [1.82, 2.24) is 19.9 Å². The Morgan fingerprint density at radius 3 is 2.15 bits per heavy atom. The SMILES string of the molecule is Cc1cnc(-c2ncc(C(=O)O)c(C(F)(F)F)n2)nc1. The number of carboxylic acid groups (broad SMARTS) is 1. The molecule has 2 heterocycles. The van der Waals surface area contributed by atoms with Crippen LogP contribution in [0.25, 0.3) is 11.6 Å². The second-order valence-corrected chi connectivity index (χ2v) is 3.84. The van der Waals surface area contributed by atoms with Crippen LogP contribution in [0.3, 0.4) is 0 Å². The summed E-state index contributed by atoms with van der Waals surface area (Å²) in [7, 11) is 0. The van der Waals surface area contributed by atoms with Crippen LogP contribution >= 0.6 is 0 Å². The van der Waals surface area contributed by atoms with Gasteiger partial charge in [0.2, 0.25) is 0 Å². The number of aryl methyl sites for hydroxylation is 1. The Kier molecular flexibility index (Phi) is 3.35. The predicted molar refractivity (Wildman–Crippen MR) is 59.8 cm³/mol. The van der Waals surface area contributed by atoms with Crippen molar-refractivity contribution in [2.24, 2.45) is 0 Å². The van der Waals surface area contributed by atoms with E-state index in [0.29, 0.717) is 11.8 Å². The van der Waals surface area contributed by atoms with Gasteiger partial charge in [0.25, 0.3) is 0 Å². The van der Waals surface area contributed by atoms with Crippen molar-refractivity contribution in [3.8, 4) is 11.6 Å². The molecule has 104 valence electrons. The molecule has 1 N–H and O–H groups in total. The topological polar surface area (TPSA) is 88.9 Å². The summed E-state index contributed by atoms with van der Waals surface area (Å²) < 4.78 is 38.3. The highest BCUT2D eigenvalue weighted by Crippen LogP contribution is 2.31. The van der Waals surface area contributed by atoms with Crippen LogP contribution in [0.4, 0.5) is 13.2 Å². The Morgan fingerprint density at radius 2 is 1.65 bits per heavy atom. The fourth-order valence-electron chi connectivity index (χ4n) is 1.37. The van der Waals surface area contributed by atoms with Crippen LogP contribution in [-0.2, 0) is 6.18 Å². The van der Waals surface area contributed by atoms with E-state index in [1.165, 1.54) is 12.4 Å². The van der Waals surface area contributed by atoms with Gasteiger partial charge in [-0.3, -0.25) is 0 Å². The van der Waals surface area contributed by atoms with E-state index in [1.807, 2.05) is 0 Å². The van der Waals surface area contributed by atoms with Gasteiger partial charge in [-0.2, -0.15) is 13.2 Å². The van der Waals surface area contributed by atoms with Gasteiger partial charge in [-0.15, -0.1) is 0 Å². The third kappa shape index (κ3) is 2.71. The van der Waals surface area contributed by atoms with E-state index in [0.717, 1.165) is 0 Å². The molecular formula is C11H7F3N4O2. The zero-order valence-corrected chi connectivity index (χ0v) is 10.0. The molecule has 2 rings (SSSR count). The van der Waals surface area contributed by atoms with Gasteiger partial charge in [-0.1, -0.05) is 0 Å². The Balaban J connectivity index is 2.58. The summed E-state index contributed by atoms with van der Waals surface area (Å²) in [5, 5.41) is 8.72. The van der Waals surface area contributed by atoms with Crippen LogP contribution in [0, 0.1) is 6.92 Å². The Labute approximate surface area is 110 Å². The number of halogens is 3. The van der Waals surface area contributed by atoms with E-state index in [4.69, 9.17) is 5.11 Å². The molecule has 9 heteroatoms. The highest BCUT2D eigenvalue weighted by molar-refractivity contribution is 5.88. The number of carbonyl (C=O) groups is 1. The van der Waals surface area contributed by atoms with Gasteiger partial charge in [0.1, 0.15) is 5.56 Å². The van der Waals surface area contributed by atoms with Gasteiger partial charge in [0.15, 0.2) is 17.3 Å². The van der Waals surface area contributed by atoms with E-state index in [2.05, 4.69) is 19.9 Å². The zero-order chi connectivity index (χ0) is 14.9. The Bertz CT molecular complexity index is 656. The molecule has 6 nitrogen and oxygen atoms in total. The Hall–Kier alpha value is -2.58. The molecule has 0 unspecified atom stereocenters. The molecule has 0 amide bonds. The van der Waals surface area contributed by atoms with E-state index >= 15 is 0 Å². The average Bonchev–Trinajstić information content (AvgIpc) is 2.38. The smallest absolute Gasteiger partial charge is 0.434 e. The second kappa shape index (κ2) is 4.83. The lowest BCUT2D eigenvalue weighted by Crippen LogP contribution is -2.17. The Morgan fingerprint density at radius 1 is 1.10 bits per heavy atom. The lowest BCUT2D eigenvalue weighted by molar-refractivity contribution is -0.141. The minimum absolute atomic E-state index is 0.113. The average molecular weight is 284 g/mol. The van der Waals surface area contributed by atoms with Crippen LogP contribution in [0.2, 0.25) is 0 Å². The van der Waals surface area contributed by atoms with Crippen LogP contribution in [0.5, 0.6) is 0 Å². The maximum atomic E-state index is 12.8. The summed E-state index contributed by atoms with van der Waals surface area (Å²) in [6, 6.07) is 0. The van der Waals surface area contributed by atoms with Gasteiger partial charge < -0.3 is 5.11 Å². The van der Waals surface area contributed by atoms with Crippen molar-refractivity contribution < 1.29 is 23.1 Å². The molecule has 0 aliphatic heterocycles. The first-order chi connectivity index (χ1) is 9.29. The van der Waals surface area contributed by atoms with Gasteiger partial charge >= 0.3 is 12.1 Å². The summed E-state index contributed by atoms with van der Waals surface area (Å²) in [6.07, 6.45) is -1.53. The first-order valence-electron chi connectivity index (χ1n) is 5.25. The van der Waals surface area contributed by atoms with Crippen LogP contribution in [0.1, 0.15) is 21.6 Å². The molecule has 0 saturated carbocycles. The summed E-state index contributed by atoms with van der Waals surface area (Å²) in [4.78, 5) is 25.1. The second-order valence-electron chi connectivity index (χ2n) is 3.84. The third-order valence-electron chi connectivity index (χ3n) is 2.27. The van der Waals surface area contributed by atoms with Crippen molar-refractivity contribution in [3.05, 3.63) is 35.4 Å². The molecule has 0 spiro atoms. The first kappa shape index (κ1) is 13.8.